The van der Waals surface area contributed by atoms with Crippen LogP contribution in [0, 0.1) is 0 Å². The Morgan fingerprint density at radius 2 is 1.38 bits per heavy atom. The highest BCUT2D eigenvalue weighted by Gasteiger charge is 2.00. The average Bonchev–Trinajstić information content (AvgIpc) is 2.75. The smallest absolute Gasteiger partial charge is 0.335 e. The van der Waals surface area contributed by atoms with Crippen molar-refractivity contribution in [1.29, 1.82) is 0 Å². The number of carbonyl (C=O) groups is 2. The van der Waals surface area contributed by atoms with Crippen molar-refractivity contribution in [3.05, 3.63) is 77.9 Å². The summed E-state index contributed by atoms with van der Waals surface area (Å²) in [6.07, 6.45) is 8.89. The van der Waals surface area contributed by atoms with E-state index < -0.39 is 5.97 Å². The van der Waals surface area contributed by atoms with Gasteiger partial charge in [0.05, 0.1) is 18.8 Å². The quantitative estimate of drug-likeness (QED) is 0.231. The summed E-state index contributed by atoms with van der Waals surface area (Å²) in [5.41, 5.74) is 2.25. The Morgan fingerprint density at radius 1 is 0.828 bits per heavy atom. The van der Waals surface area contributed by atoms with Crippen molar-refractivity contribution < 1.29 is 24.2 Å². The van der Waals surface area contributed by atoms with Crippen LogP contribution >= 0.6 is 0 Å². The summed E-state index contributed by atoms with van der Waals surface area (Å²) in [4.78, 5) is 21.8. The summed E-state index contributed by atoms with van der Waals surface area (Å²) in [6.45, 7) is 4.44. The lowest BCUT2D eigenvalue weighted by Gasteiger charge is -2.06. The third-order valence-electron chi connectivity index (χ3n) is 4.22. The number of carboxylic acid groups (broad SMARTS) is 1. The molecule has 2 aromatic carbocycles. The number of carboxylic acids is 1. The van der Waals surface area contributed by atoms with Crippen LogP contribution in [0.3, 0.4) is 0 Å². The molecule has 0 saturated heterocycles. The molecule has 0 aliphatic carbocycles. The molecule has 29 heavy (non-hydrogen) atoms. The van der Waals surface area contributed by atoms with Crippen LogP contribution in [0.2, 0.25) is 0 Å². The van der Waals surface area contributed by atoms with E-state index >= 15 is 0 Å². The number of benzene rings is 2. The van der Waals surface area contributed by atoms with Gasteiger partial charge in [-0.3, -0.25) is 0 Å². The number of carbonyl (C=O) groups excluding carboxylic acids is 1. The fraction of sp³-hybridized carbons (Fsp3) is 0.250. The van der Waals surface area contributed by atoms with Crippen LogP contribution in [0.25, 0.3) is 12.2 Å². The summed E-state index contributed by atoms with van der Waals surface area (Å²) >= 11 is 0. The molecular weight excluding hydrogens is 368 g/mol. The third-order valence-corrected chi connectivity index (χ3v) is 4.22. The normalized spacial score (nSPS) is 10.6. The van der Waals surface area contributed by atoms with Gasteiger partial charge in [-0.25, -0.2) is 9.59 Å². The zero-order valence-corrected chi connectivity index (χ0v) is 16.4. The Bertz CT molecular complexity index is 819. The van der Waals surface area contributed by atoms with Crippen molar-refractivity contribution in [2.75, 3.05) is 13.2 Å². The van der Waals surface area contributed by atoms with Gasteiger partial charge in [0.15, 0.2) is 0 Å². The average molecular weight is 394 g/mol. The molecule has 0 atom stereocenters. The predicted octanol–water partition coefficient (Wildman–Crippen LogP) is 5.22. The van der Waals surface area contributed by atoms with Gasteiger partial charge in [-0.05, 0) is 61.1 Å². The van der Waals surface area contributed by atoms with Crippen molar-refractivity contribution in [3.8, 4) is 5.75 Å². The Balaban J connectivity index is 1.66. The van der Waals surface area contributed by atoms with E-state index in [-0.39, 0.29) is 11.5 Å². The topological polar surface area (TPSA) is 72.8 Å². The molecule has 0 heterocycles. The van der Waals surface area contributed by atoms with Gasteiger partial charge in [0.1, 0.15) is 5.75 Å². The molecule has 0 aliphatic heterocycles. The predicted molar refractivity (Wildman–Crippen MR) is 114 cm³/mol. The number of hydrogen-bond donors (Lipinski definition) is 1. The number of aromatic carboxylic acids is 1. The van der Waals surface area contributed by atoms with E-state index in [4.69, 9.17) is 14.6 Å². The monoisotopic (exact) mass is 394 g/mol. The van der Waals surface area contributed by atoms with E-state index in [0.29, 0.717) is 13.2 Å². The molecule has 0 bridgehead atoms. The molecule has 0 fully saturated rings. The lowest BCUT2D eigenvalue weighted by atomic mass is 10.1. The van der Waals surface area contributed by atoms with Gasteiger partial charge in [-0.2, -0.15) is 0 Å². The number of esters is 1. The molecule has 2 aromatic rings. The van der Waals surface area contributed by atoms with Gasteiger partial charge >= 0.3 is 11.9 Å². The van der Waals surface area contributed by atoms with Gasteiger partial charge in [-0.15, -0.1) is 0 Å². The van der Waals surface area contributed by atoms with E-state index in [2.05, 4.69) is 6.58 Å². The molecule has 0 radical (unpaired) electrons. The van der Waals surface area contributed by atoms with E-state index in [9.17, 15) is 9.59 Å². The van der Waals surface area contributed by atoms with Crippen LogP contribution in [-0.4, -0.2) is 30.3 Å². The first-order chi connectivity index (χ1) is 14.1. The Kier molecular flexibility index (Phi) is 9.22. The molecule has 0 spiro atoms. The Labute approximate surface area is 171 Å². The number of hydrogen-bond acceptors (Lipinski definition) is 4. The fourth-order valence-corrected chi connectivity index (χ4v) is 2.58. The Hall–Kier alpha value is -3.34. The molecule has 152 valence electrons. The lowest BCUT2D eigenvalue weighted by Crippen LogP contribution is -2.02. The fourth-order valence-electron chi connectivity index (χ4n) is 2.58. The largest absolute Gasteiger partial charge is 0.494 e. The maximum Gasteiger partial charge on any atom is 0.335 e. The highest BCUT2D eigenvalue weighted by molar-refractivity contribution is 5.88. The van der Waals surface area contributed by atoms with Crippen LogP contribution in [0.15, 0.2) is 61.2 Å². The van der Waals surface area contributed by atoms with Crippen LogP contribution in [-0.2, 0) is 9.53 Å². The minimum absolute atomic E-state index is 0.278. The van der Waals surface area contributed by atoms with Gasteiger partial charge in [0, 0.05) is 6.08 Å². The summed E-state index contributed by atoms with van der Waals surface area (Å²) in [5, 5.41) is 8.91. The summed E-state index contributed by atoms with van der Waals surface area (Å²) in [5.74, 6) is -0.472. The molecule has 5 heteroatoms. The van der Waals surface area contributed by atoms with E-state index in [1.807, 2.05) is 36.4 Å². The van der Waals surface area contributed by atoms with Gasteiger partial charge < -0.3 is 14.6 Å². The molecule has 5 nitrogen and oxygen atoms in total. The molecule has 0 aliphatic rings. The van der Waals surface area contributed by atoms with Crippen LogP contribution in [0.1, 0.15) is 47.2 Å². The van der Waals surface area contributed by atoms with Crippen molar-refractivity contribution in [2.24, 2.45) is 0 Å². The van der Waals surface area contributed by atoms with Gasteiger partial charge in [0.2, 0.25) is 0 Å². The van der Waals surface area contributed by atoms with Crippen molar-refractivity contribution in [1.82, 2.24) is 0 Å². The standard InChI is InChI=1S/C24H26O5/c1-2-23(25)29-18-6-4-3-5-17-28-22-15-11-20(12-16-22)8-7-19-9-13-21(14-10-19)24(26)27/h2,7-16H,1,3-6,17-18H2,(H,26,27). The highest BCUT2D eigenvalue weighted by Crippen LogP contribution is 2.16. The van der Waals surface area contributed by atoms with Crippen LogP contribution < -0.4 is 4.74 Å². The van der Waals surface area contributed by atoms with Crippen molar-refractivity contribution in [3.63, 3.8) is 0 Å². The minimum atomic E-state index is -0.926. The number of unbranched alkanes of at least 4 members (excludes halogenated alkanes) is 3. The molecule has 1 N–H and O–H groups in total. The molecule has 0 aromatic heterocycles. The first kappa shape index (κ1) is 22.0. The van der Waals surface area contributed by atoms with Crippen LogP contribution in [0.4, 0.5) is 0 Å². The van der Waals surface area contributed by atoms with Crippen molar-refractivity contribution in [2.45, 2.75) is 25.7 Å². The highest BCUT2D eigenvalue weighted by atomic mass is 16.5. The van der Waals surface area contributed by atoms with E-state index in [1.54, 1.807) is 24.3 Å². The Morgan fingerprint density at radius 3 is 1.93 bits per heavy atom. The second-order valence-corrected chi connectivity index (χ2v) is 6.46. The molecular formula is C24H26O5. The summed E-state index contributed by atoms with van der Waals surface area (Å²) in [6, 6.07) is 14.6. The van der Waals surface area contributed by atoms with Gasteiger partial charge in [0.25, 0.3) is 0 Å². The number of ether oxygens (including phenoxy) is 2. The molecule has 0 amide bonds. The third kappa shape index (κ3) is 8.47. The zero-order chi connectivity index (χ0) is 20.9. The van der Waals surface area contributed by atoms with Crippen LogP contribution in [0.5, 0.6) is 5.75 Å². The van der Waals surface area contributed by atoms with E-state index in [1.165, 1.54) is 6.08 Å². The zero-order valence-electron chi connectivity index (χ0n) is 16.4. The number of rotatable bonds is 12. The summed E-state index contributed by atoms with van der Waals surface area (Å²) in [7, 11) is 0. The lowest BCUT2D eigenvalue weighted by molar-refractivity contribution is -0.137. The molecule has 0 unspecified atom stereocenters. The second kappa shape index (κ2) is 12.2. The first-order valence-corrected chi connectivity index (χ1v) is 9.62. The second-order valence-electron chi connectivity index (χ2n) is 6.46. The van der Waals surface area contributed by atoms with Gasteiger partial charge in [-0.1, -0.05) is 43.0 Å². The maximum absolute atomic E-state index is 10.9. The minimum Gasteiger partial charge on any atom is -0.494 e. The van der Waals surface area contributed by atoms with Crippen molar-refractivity contribution >= 4 is 24.1 Å². The first-order valence-electron chi connectivity index (χ1n) is 9.62. The molecule has 2 rings (SSSR count). The van der Waals surface area contributed by atoms with E-state index in [0.717, 1.165) is 42.6 Å². The molecule has 0 saturated carbocycles. The summed E-state index contributed by atoms with van der Waals surface area (Å²) < 4.78 is 10.7. The SMILES string of the molecule is C=CC(=O)OCCCCCCOc1ccc(C=Cc2ccc(C(=O)O)cc2)cc1. The maximum atomic E-state index is 10.9.